The van der Waals surface area contributed by atoms with Crippen LogP contribution in [0.15, 0.2) is 18.2 Å². The molecule has 3 heterocycles. The molecule has 0 bridgehead atoms. The maximum absolute atomic E-state index is 12.6. The molecule has 0 spiro atoms. The van der Waals surface area contributed by atoms with E-state index in [9.17, 15) is 9.59 Å². The molecule has 0 radical (unpaired) electrons. The molecule has 7 heteroatoms. The summed E-state index contributed by atoms with van der Waals surface area (Å²) < 4.78 is 11.4. The molecule has 7 nitrogen and oxygen atoms in total. The summed E-state index contributed by atoms with van der Waals surface area (Å²) in [5.74, 6) is 0.941. The van der Waals surface area contributed by atoms with Crippen molar-refractivity contribution in [1.82, 2.24) is 9.80 Å². The first-order valence-electron chi connectivity index (χ1n) is 9.78. The molecule has 1 aromatic rings. The number of rotatable bonds is 3. The molecule has 146 valence electrons. The Balaban J connectivity index is 1.43. The third kappa shape index (κ3) is 3.88. The lowest BCUT2D eigenvalue weighted by Crippen LogP contribution is -2.45. The highest BCUT2D eigenvalue weighted by Gasteiger charge is 2.29. The van der Waals surface area contributed by atoms with Gasteiger partial charge in [0, 0.05) is 38.8 Å². The molecular weight excluding hydrogens is 346 g/mol. The highest BCUT2D eigenvalue weighted by atomic mass is 16.5. The van der Waals surface area contributed by atoms with E-state index in [0.29, 0.717) is 44.8 Å². The first-order chi connectivity index (χ1) is 13.1. The van der Waals surface area contributed by atoms with Crippen molar-refractivity contribution in [2.45, 2.75) is 25.4 Å². The average molecular weight is 373 g/mol. The predicted molar refractivity (Wildman–Crippen MR) is 101 cm³/mol. The minimum Gasteiger partial charge on any atom is -0.486 e. The number of amides is 2. The van der Waals surface area contributed by atoms with E-state index in [1.807, 2.05) is 35.0 Å². The van der Waals surface area contributed by atoms with Crippen molar-refractivity contribution in [1.29, 1.82) is 0 Å². The van der Waals surface area contributed by atoms with Gasteiger partial charge >= 0.3 is 0 Å². The van der Waals surface area contributed by atoms with Gasteiger partial charge in [-0.3, -0.25) is 9.59 Å². The second-order valence-electron chi connectivity index (χ2n) is 7.50. The maximum Gasteiger partial charge on any atom is 0.253 e. The smallest absolute Gasteiger partial charge is 0.253 e. The molecule has 4 rings (SSSR count). The highest BCUT2D eigenvalue weighted by molar-refractivity contribution is 5.96. The molecule has 0 unspecified atom stereocenters. The third-order valence-electron chi connectivity index (χ3n) is 5.55. The SMILES string of the molecule is CN1C[C@H](CC(=O)N2CCOCC2)Oc2ccc(C(=O)N3CCCC3)cc21. The molecular formula is C20H27N3O4. The number of fused-ring (bicyclic) bond motifs is 1. The van der Waals surface area contributed by atoms with Crippen LogP contribution in [-0.2, 0) is 9.53 Å². The molecule has 1 atom stereocenters. The van der Waals surface area contributed by atoms with Crippen molar-refractivity contribution in [2.24, 2.45) is 0 Å². The van der Waals surface area contributed by atoms with Crippen molar-refractivity contribution >= 4 is 17.5 Å². The molecule has 0 saturated carbocycles. The lowest BCUT2D eigenvalue weighted by Gasteiger charge is -2.35. The zero-order chi connectivity index (χ0) is 18.8. The molecule has 3 aliphatic rings. The zero-order valence-electron chi connectivity index (χ0n) is 15.9. The Morgan fingerprint density at radius 2 is 1.81 bits per heavy atom. The van der Waals surface area contributed by atoms with E-state index >= 15 is 0 Å². The topological polar surface area (TPSA) is 62.3 Å². The van der Waals surface area contributed by atoms with E-state index in [4.69, 9.17) is 9.47 Å². The second-order valence-corrected chi connectivity index (χ2v) is 7.50. The monoisotopic (exact) mass is 373 g/mol. The third-order valence-corrected chi connectivity index (χ3v) is 5.55. The van der Waals surface area contributed by atoms with Crippen LogP contribution in [0.25, 0.3) is 0 Å². The predicted octanol–water partition coefficient (Wildman–Crippen LogP) is 1.37. The summed E-state index contributed by atoms with van der Waals surface area (Å²) in [4.78, 5) is 31.0. The zero-order valence-corrected chi connectivity index (χ0v) is 15.9. The van der Waals surface area contributed by atoms with Gasteiger partial charge in [0.25, 0.3) is 5.91 Å². The van der Waals surface area contributed by atoms with E-state index in [0.717, 1.165) is 37.4 Å². The largest absolute Gasteiger partial charge is 0.486 e. The summed E-state index contributed by atoms with van der Waals surface area (Å²) in [6, 6.07) is 5.61. The quantitative estimate of drug-likeness (QED) is 0.801. The second kappa shape index (κ2) is 7.76. The summed E-state index contributed by atoms with van der Waals surface area (Å²) in [6.45, 7) is 4.83. The molecule has 2 amide bonds. The van der Waals surface area contributed by atoms with Crippen LogP contribution < -0.4 is 9.64 Å². The van der Waals surface area contributed by atoms with Crippen LogP contribution >= 0.6 is 0 Å². The lowest BCUT2D eigenvalue weighted by atomic mass is 10.1. The van der Waals surface area contributed by atoms with Crippen LogP contribution in [0, 0.1) is 0 Å². The Kier molecular flexibility index (Phi) is 5.20. The lowest BCUT2D eigenvalue weighted by molar-refractivity contribution is -0.136. The van der Waals surface area contributed by atoms with E-state index in [2.05, 4.69) is 4.90 Å². The van der Waals surface area contributed by atoms with Gasteiger partial charge in [-0.05, 0) is 31.0 Å². The number of anilines is 1. The summed E-state index contributed by atoms with van der Waals surface area (Å²) in [6.07, 6.45) is 2.34. The van der Waals surface area contributed by atoms with Gasteiger partial charge < -0.3 is 24.2 Å². The van der Waals surface area contributed by atoms with Crippen LogP contribution in [0.3, 0.4) is 0 Å². The van der Waals surface area contributed by atoms with Gasteiger partial charge in [0.1, 0.15) is 11.9 Å². The Morgan fingerprint density at radius 1 is 1.07 bits per heavy atom. The van der Waals surface area contributed by atoms with Crippen molar-refractivity contribution in [2.75, 3.05) is 57.9 Å². The normalized spacial score (nSPS) is 22.4. The Bertz CT molecular complexity index is 711. The standard InChI is InChI=1S/C20H27N3O4/c1-21-14-16(13-19(24)22-8-10-26-11-9-22)27-18-5-4-15(12-17(18)21)20(25)23-6-2-3-7-23/h4-5,12,16H,2-3,6-11,13-14H2,1H3/t16-/m0/s1. The Hall–Kier alpha value is -2.28. The van der Waals surface area contributed by atoms with Gasteiger partial charge in [-0.15, -0.1) is 0 Å². The first kappa shape index (κ1) is 18.1. The van der Waals surface area contributed by atoms with Crippen molar-refractivity contribution in [3.05, 3.63) is 23.8 Å². The van der Waals surface area contributed by atoms with E-state index in [-0.39, 0.29) is 17.9 Å². The highest BCUT2D eigenvalue weighted by Crippen LogP contribution is 2.34. The summed E-state index contributed by atoms with van der Waals surface area (Å²) in [5.41, 5.74) is 1.61. The molecule has 3 aliphatic heterocycles. The first-order valence-corrected chi connectivity index (χ1v) is 9.78. The van der Waals surface area contributed by atoms with Gasteiger partial charge in [0.2, 0.25) is 5.91 Å². The van der Waals surface area contributed by atoms with Gasteiger partial charge in [-0.25, -0.2) is 0 Å². The molecule has 0 aliphatic carbocycles. The van der Waals surface area contributed by atoms with Gasteiger partial charge in [-0.2, -0.15) is 0 Å². The van der Waals surface area contributed by atoms with Crippen LogP contribution in [0.5, 0.6) is 5.75 Å². The minimum atomic E-state index is -0.182. The van der Waals surface area contributed by atoms with Crippen molar-refractivity contribution in [3.63, 3.8) is 0 Å². The number of carbonyl (C=O) groups is 2. The van der Waals surface area contributed by atoms with Gasteiger partial charge in [-0.1, -0.05) is 0 Å². The Morgan fingerprint density at radius 3 is 2.56 bits per heavy atom. The molecule has 2 fully saturated rings. The van der Waals surface area contributed by atoms with E-state index in [1.54, 1.807) is 0 Å². The molecule has 0 N–H and O–H groups in total. The molecule has 1 aromatic carbocycles. The number of likely N-dealkylation sites (N-methyl/N-ethyl adjacent to an activating group) is 1. The fourth-order valence-corrected chi connectivity index (χ4v) is 4.01. The number of nitrogens with zero attached hydrogens (tertiary/aromatic N) is 3. The van der Waals surface area contributed by atoms with Gasteiger partial charge in [0.15, 0.2) is 0 Å². The van der Waals surface area contributed by atoms with Crippen LogP contribution in [0.2, 0.25) is 0 Å². The maximum atomic E-state index is 12.6. The Labute approximate surface area is 159 Å². The molecule has 2 saturated heterocycles. The number of morpholine rings is 1. The van der Waals surface area contributed by atoms with E-state index < -0.39 is 0 Å². The summed E-state index contributed by atoms with van der Waals surface area (Å²) >= 11 is 0. The summed E-state index contributed by atoms with van der Waals surface area (Å²) in [7, 11) is 1.98. The number of carbonyl (C=O) groups excluding carboxylic acids is 2. The number of hydrogen-bond donors (Lipinski definition) is 0. The molecule has 0 aromatic heterocycles. The number of likely N-dealkylation sites (tertiary alicyclic amines) is 1. The van der Waals surface area contributed by atoms with Crippen LogP contribution in [0.4, 0.5) is 5.69 Å². The van der Waals surface area contributed by atoms with Crippen molar-refractivity contribution in [3.8, 4) is 5.75 Å². The minimum absolute atomic E-state index is 0.0910. The fourth-order valence-electron chi connectivity index (χ4n) is 4.01. The number of hydrogen-bond acceptors (Lipinski definition) is 5. The number of benzene rings is 1. The fraction of sp³-hybridized carbons (Fsp3) is 0.600. The van der Waals surface area contributed by atoms with Crippen LogP contribution in [-0.4, -0.2) is 80.7 Å². The summed E-state index contributed by atoms with van der Waals surface area (Å²) in [5, 5.41) is 0. The van der Waals surface area contributed by atoms with E-state index in [1.165, 1.54) is 0 Å². The van der Waals surface area contributed by atoms with Gasteiger partial charge in [0.05, 0.1) is 31.9 Å². The van der Waals surface area contributed by atoms with Crippen LogP contribution in [0.1, 0.15) is 29.6 Å². The average Bonchev–Trinajstić information content (AvgIpc) is 3.23. The number of ether oxygens (including phenoxy) is 2. The van der Waals surface area contributed by atoms with Crippen molar-refractivity contribution < 1.29 is 19.1 Å². The molecule has 27 heavy (non-hydrogen) atoms.